The topological polar surface area (TPSA) is 46.9 Å². The van der Waals surface area contributed by atoms with E-state index in [2.05, 4.69) is 26.3 Å². The van der Waals surface area contributed by atoms with Gasteiger partial charge in [-0.25, -0.2) is 0 Å². The zero-order valence-electron chi connectivity index (χ0n) is 9.87. The zero-order valence-corrected chi connectivity index (χ0v) is 12.2. The van der Waals surface area contributed by atoms with E-state index in [9.17, 15) is 4.79 Å². The van der Waals surface area contributed by atoms with Crippen molar-refractivity contribution in [1.82, 2.24) is 9.78 Å². The Labute approximate surface area is 118 Å². The highest BCUT2D eigenvalue weighted by atomic mass is 79.9. The summed E-state index contributed by atoms with van der Waals surface area (Å²) < 4.78 is 2.30. The number of anilines is 1. The third-order valence-corrected chi connectivity index (χ3v) is 3.61. The molecule has 0 radical (unpaired) electrons. The van der Waals surface area contributed by atoms with Crippen LogP contribution in [0.25, 0.3) is 0 Å². The molecule has 0 aliphatic carbocycles. The minimum absolute atomic E-state index is 0.226. The number of hydrogen-bond acceptors (Lipinski definition) is 2. The summed E-state index contributed by atoms with van der Waals surface area (Å²) in [6.07, 6.45) is 1.58. The number of aromatic nitrogens is 2. The van der Waals surface area contributed by atoms with Crippen molar-refractivity contribution in [2.75, 3.05) is 5.32 Å². The molecule has 18 heavy (non-hydrogen) atoms. The molecule has 0 fully saturated rings. The maximum atomic E-state index is 12.0. The van der Waals surface area contributed by atoms with Crippen LogP contribution in [0, 0.1) is 6.92 Å². The summed E-state index contributed by atoms with van der Waals surface area (Å²) in [6, 6.07) is 5.23. The van der Waals surface area contributed by atoms with E-state index in [1.165, 1.54) is 4.68 Å². The van der Waals surface area contributed by atoms with Crippen molar-refractivity contribution in [3.05, 3.63) is 45.1 Å². The molecule has 1 amide bonds. The number of halogens is 2. The molecule has 94 valence electrons. The highest BCUT2D eigenvalue weighted by molar-refractivity contribution is 9.10. The van der Waals surface area contributed by atoms with Crippen LogP contribution in [0.1, 0.15) is 16.1 Å². The Hall–Kier alpha value is -1.33. The third-order valence-electron chi connectivity index (χ3n) is 2.55. The van der Waals surface area contributed by atoms with Crippen LogP contribution in [0.2, 0.25) is 5.02 Å². The Balaban J connectivity index is 2.28. The molecule has 0 spiro atoms. The average Bonchev–Trinajstić information content (AvgIpc) is 2.72. The number of nitrogens with zero attached hydrogens (tertiary/aromatic N) is 2. The first-order valence-electron chi connectivity index (χ1n) is 5.24. The third kappa shape index (κ3) is 2.57. The van der Waals surface area contributed by atoms with E-state index in [1.807, 2.05) is 13.0 Å². The molecule has 0 saturated heterocycles. The fourth-order valence-corrected chi connectivity index (χ4v) is 2.25. The van der Waals surface area contributed by atoms with Gasteiger partial charge in [-0.3, -0.25) is 9.48 Å². The fourth-order valence-electron chi connectivity index (χ4n) is 1.53. The lowest BCUT2D eigenvalue weighted by molar-refractivity contribution is 0.101. The number of rotatable bonds is 2. The fraction of sp³-hybridized carbons (Fsp3) is 0.167. The monoisotopic (exact) mass is 327 g/mol. The molecule has 1 aromatic carbocycles. The molecule has 0 aliphatic rings. The maximum Gasteiger partial charge on any atom is 0.273 e. The van der Waals surface area contributed by atoms with Gasteiger partial charge in [0.2, 0.25) is 0 Å². The lowest BCUT2D eigenvalue weighted by Gasteiger charge is -2.09. The number of carbonyl (C=O) groups excluding carboxylic acids is 1. The predicted molar refractivity (Wildman–Crippen MR) is 75.1 cm³/mol. The van der Waals surface area contributed by atoms with E-state index in [4.69, 9.17) is 11.6 Å². The second-order valence-corrected chi connectivity index (χ2v) is 5.14. The van der Waals surface area contributed by atoms with Gasteiger partial charge in [-0.1, -0.05) is 11.6 Å². The van der Waals surface area contributed by atoms with Crippen LogP contribution in [0.3, 0.4) is 0 Å². The lowest BCUT2D eigenvalue weighted by atomic mass is 10.2. The summed E-state index contributed by atoms with van der Waals surface area (Å²) in [5, 5.41) is 7.35. The van der Waals surface area contributed by atoms with Gasteiger partial charge in [0.15, 0.2) is 0 Å². The van der Waals surface area contributed by atoms with Gasteiger partial charge in [0.25, 0.3) is 5.91 Å². The number of nitrogens with one attached hydrogen (secondary N) is 1. The van der Waals surface area contributed by atoms with Gasteiger partial charge in [0, 0.05) is 22.7 Å². The number of amides is 1. The van der Waals surface area contributed by atoms with Gasteiger partial charge in [-0.2, -0.15) is 5.10 Å². The highest BCUT2D eigenvalue weighted by Gasteiger charge is 2.12. The second kappa shape index (κ2) is 5.12. The van der Waals surface area contributed by atoms with Crippen LogP contribution in [0.5, 0.6) is 0 Å². The van der Waals surface area contributed by atoms with Crippen molar-refractivity contribution < 1.29 is 4.79 Å². The summed E-state index contributed by atoms with van der Waals surface area (Å²) >= 11 is 9.43. The summed E-state index contributed by atoms with van der Waals surface area (Å²) in [7, 11) is 1.71. The molecular formula is C12H11BrClN3O. The SMILES string of the molecule is Cc1cc(Br)c(NC(=O)c2ccnn2C)cc1Cl. The summed E-state index contributed by atoms with van der Waals surface area (Å²) in [5.74, 6) is -0.226. The van der Waals surface area contributed by atoms with Gasteiger partial charge < -0.3 is 5.32 Å². The van der Waals surface area contributed by atoms with Gasteiger partial charge in [-0.05, 0) is 46.6 Å². The Morgan fingerprint density at radius 3 is 2.83 bits per heavy atom. The predicted octanol–water partition coefficient (Wildman–Crippen LogP) is 3.40. The quantitative estimate of drug-likeness (QED) is 0.918. The van der Waals surface area contributed by atoms with E-state index in [1.54, 1.807) is 25.4 Å². The van der Waals surface area contributed by atoms with Crippen LogP contribution in [0.15, 0.2) is 28.9 Å². The van der Waals surface area contributed by atoms with Crippen molar-refractivity contribution in [3.63, 3.8) is 0 Å². The Kier molecular flexibility index (Phi) is 3.73. The molecule has 0 saturated carbocycles. The molecule has 4 nitrogen and oxygen atoms in total. The van der Waals surface area contributed by atoms with Crippen molar-refractivity contribution in [1.29, 1.82) is 0 Å². The van der Waals surface area contributed by atoms with Crippen LogP contribution < -0.4 is 5.32 Å². The Bertz CT molecular complexity index is 609. The highest BCUT2D eigenvalue weighted by Crippen LogP contribution is 2.29. The minimum Gasteiger partial charge on any atom is -0.320 e. The molecule has 0 bridgehead atoms. The molecule has 2 rings (SSSR count). The average molecular weight is 329 g/mol. The molecule has 1 heterocycles. The number of carbonyl (C=O) groups is 1. The van der Waals surface area contributed by atoms with E-state index in [0.29, 0.717) is 16.4 Å². The largest absolute Gasteiger partial charge is 0.320 e. The minimum atomic E-state index is -0.226. The van der Waals surface area contributed by atoms with Crippen LogP contribution in [-0.4, -0.2) is 15.7 Å². The summed E-state index contributed by atoms with van der Waals surface area (Å²) in [6.45, 7) is 1.90. The first kappa shape index (κ1) is 13.1. The lowest BCUT2D eigenvalue weighted by Crippen LogP contribution is -2.16. The Morgan fingerprint density at radius 1 is 1.50 bits per heavy atom. The molecule has 1 aromatic heterocycles. The first-order chi connectivity index (χ1) is 8.49. The van der Waals surface area contributed by atoms with Crippen molar-refractivity contribution >= 4 is 39.1 Å². The maximum absolute atomic E-state index is 12.0. The molecule has 6 heteroatoms. The molecular weight excluding hydrogens is 318 g/mol. The van der Waals surface area contributed by atoms with Crippen molar-refractivity contribution in [2.45, 2.75) is 6.92 Å². The number of aryl methyl sites for hydroxylation is 2. The van der Waals surface area contributed by atoms with Gasteiger partial charge >= 0.3 is 0 Å². The van der Waals surface area contributed by atoms with Crippen LogP contribution in [-0.2, 0) is 7.05 Å². The number of hydrogen-bond donors (Lipinski definition) is 1. The van der Waals surface area contributed by atoms with E-state index in [0.717, 1.165) is 10.0 Å². The molecule has 1 N–H and O–H groups in total. The smallest absolute Gasteiger partial charge is 0.273 e. The van der Waals surface area contributed by atoms with E-state index < -0.39 is 0 Å². The first-order valence-corrected chi connectivity index (χ1v) is 6.41. The second-order valence-electron chi connectivity index (χ2n) is 3.88. The molecule has 2 aromatic rings. The van der Waals surface area contributed by atoms with Gasteiger partial charge in [-0.15, -0.1) is 0 Å². The van der Waals surface area contributed by atoms with Crippen molar-refractivity contribution in [3.8, 4) is 0 Å². The molecule has 0 atom stereocenters. The zero-order chi connectivity index (χ0) is 13.3. The molecule has 0 unspecified atom stereocenters. The summed E-state index contributed by atoms with van der Waals surface area (Å²) in [5.41, 5.74) is 2.07. The number of benzene rings is 1. The van der Waals surface area contributed by atoms with Crippen LogP contribution in [0.4, 0.5) is 5.69 Å². The molecule has 0 aliphatic heterocycles. The summed E-state index contributed by atoms with van der Waals surface area (Å²) in [4.78, 5) is 12.0. The van der Waals surface area contributed by atoms with Gasteiger partial charge in [0.05, 0.1) is 5.69 Å². The van der Waals surface area contributed by atoms with Crippen molar-refractivity contribution in [2.24, 2.45) is 7.05 Å². The standard InChI is InChI=1S/C12H11BrClN3O/c1-7-5-8(13)10(6-9(7)14)16-12(18)11-3-4-15-17(11)2/h3-6H,1-2H3,(H,16,18). The van der Waals surface area contributed by atoms with E-state index in [-0.39, 0.29) is 5.91 Å². The Morgan fingerprint density at radius 2 is 2.22 bits per heavy atom. The normalized spacial score (nSPS) is 10.4. The van der Waals surface area contributed by atoms with E-state index >= 15 is 0 Å². The van der Waals surface area contributed by atoms with Gasteiger partial charge in [0.1, 0.15) is 5.69 Å². The van der Waals surface area contributed by atoms with Crippen LogP contribution >= 0.6 is 27.5 Å².